The van der Waals surface area contributed by atoms with E-state index >= 15 is 0 Å². The summed E-state index contributed by atoms with van der Waals surface area (Å²) in [6.07, 6.45) is 7.57. The zero-order chi connectivity index (χ0) is 16.2. The third-order valence-corrected chi connectivity index (χ3v) is 3.99. The summed E-state index contributed by atoms with van der Waals surface area (Å²) in [5.41, 5.74) is 0. The summed E-state index contributed by atoms with van der Waals surface area (Å²) in [5.74, 6) is 3.12. The maximum Gasteiger partial charge on any atom is 0.119 e. The molecule has 0 aliphatic rings. The molecule has 126 valence electrons. The van der Waals surface area contributed by atoms with Gasteiger partial charge in [0.25, 0.3) is 0 Å². The van der Waals surface area contributed by atoms with E-state index in [0.29, 0.717) is 11.8 Å². The van der Waals surface area contributed by atoms with Crippen LogP contribution in [-0.4, -0.2) is 13.2 Å². The molecule has 1 aromatic carbocycles. The van der Waals surface area contributed by atoms with Gasteiger partial charge < -0.3 is 9.47 Å². The standard InChI is InChI=1S/C20H34O2/c1-5-7-9-17(3)15-21-19-11-13-20(14-12-19)22-16-18(4)10-8-6-2/h11-14,17-18H,5-10,15-16H2,1-4H3. The highest BCUT2D eigenvalue weighted by Gasteiger charge is 2.05. The lowest BCUT2D eigenvalue weighted by atomic mass is 10.1. The molecule has 0 N–H and O–H groups in total. The minimum absolute atomic E-state index is 0.621. The van der Waals surface area contributed by atoms with Gasteiger partial charge in [0.05, 0.1) is 13.2 Å². The summed E-state index contributed by atoms with van der Waals surface area (Å²) in [6.45, 7) is 10.6. The van der Waals surface area contributed by atoms with Crippen LogP contribution in [0.25, 0.3) is 0 Å². The smallest absolute Gasteiger partial charge is 0.119 e. The van der Waals surface area contributed by atoms with Crippen molar-refractivity contribution in [3.63, 3.8) is 0 Å². The number of ether oxygens (including phenoxy) is 2. The molecule has 2 atom stereocenters. The van der Waals surface area contributed by atoms with Crippen LogP contribution in [0.4, 0.5) is 0 Å². The lowest BCUT2D eigenvalue weighted by Crippen LogP contribution is -2.09. The van der Waals surface area contributed by atoms with Crippen molar-refractivity contribution in [2.75, 3.05) is 13.2 Å². The van der Waals surface area contributed by atoms with E-state index in [4.69, 9.17) is 9.47 Å². The Morgan fingerprint density at radius 1 is 0.727 bits per heavy atom. The average Bonchev–Trinajstić information content (AvgIpc) is 2.55. The zero-order valence-electron chi connectivity index (χ0n) is 14.9. The van der Waals surface area contributed by atoms with Crippen LogP contribution < -0.4 is 9.47 Å². The summed E-state index contributed by atoms with van der Waals surface area (Å²) in [4.78, 5) is 0. The molecule has 2 heteroatoms. The van der Waals surface area contributed by atoms with Gasteiger partial charge in [-0.2, -0.15) is 0 Å². The van der Waals surface area contributed by atoms with Gasteiger partial charge in [0.1, 0.15) is 11.5 Å². The molecule has 0 aliphatic heterocycles. The molecule has 0 bridgehead atoms. The Balaban J connectivity index is 2.27. The van der Waals surface area contributed by atoms with E-state index in [9.17, 15) is 0 Å². The van der Waals surface area contributed by atoms with Crippen LogP contribution in [0.3, 0.4) is 0 Å². The number of hydrogen-bond acceptors (Lipinski definition) is 2. The Labute approximate surface area is 137 Å². The second-order valence-corrected chi connectivity index (χ2v) is 6.59. The van der Waals surface area contributed by atoms with E-state index < -0.39 is 0 Å². The number of benzene rings is 1. The maximum absolute atomic E-state index is 5.84. The van der Waals surface area contributed by atoms with Gasteiger partial charge in [-0.25, -0.2) is 0 Å². The minimum atomic E-state index is 0.621. The molecule has 1 aromatic rings. The van der Waals surface area contributed by atoms with Crippen molar-refractivity contribution < 1.29 is 9.47 Å². The van der Waals surface area contributed by atoms with Crippen molar-refractivity contribution in [3.8, 4) is 11.5 Å². The Kier molecular flexibility index (Phi) is 9.77. The number of rotatable bonds is 12. The fourth-order valence-electron chi connectivity index (χ4n) is 2.38. The molecule has 2 unspecified atom stereocenters. The van der Waals surface area contributed by atoms with Gasteiger partial charge in [-0.3, -0.25) is 0 Å². The molecule has 0 spiro atoms. The van der Waals surface area contributed by atoms with E-state index in [1.165, 1.54) is 38.5 Å². The first-order valence-electron chi connectivity index (χ1n) is 9.01. The van der Waals surface area contributed by atoms with Crippen LogP contribution in [0.5, 0.6) is 11.5 Å². The molecule has 2 nitrogen and oxygen atoms in total. The molecule has 1 rings (SSSR count). The second-order valence-electron chi connectivity index (χ2n) is 6.59. The summed E-state index contributed by atoms with van der Waals surface area (Å²) >= 11 is 0. The van der Waals surface area contributed by atoms with Crippen molar-refractivity contribution in [2.24, 2.45) is 11.8 Å². The molecule has 0 radical (unpaired) electrons. The van der Waals surface area contributed by atoms with Gasteiger partial charge in [-0.1, -0.05) is 53.4 Å². The van der Waals surface area contributed by atoms with E-state index in [1.807, 2.05) is 24.3 Å². The van der Waals surface area contributed by atoms with Gasteiger partial charge in [-0.05, 0) is 48.9 Å². The highest BCUT2D eigenvalue weighted by Crippen LogP contribution is 2.20. The topological polar surface area (TPSA) is 18.5 Å². The molecule has 0 fully saturated rings. The summed E-state index contributed by atoms with van der Waals surface area (Å²) < 4.78 is 11.7. The molecular formula is C20H34O2. The van der Waals surface area contributed by atoms with Crippen LogP contribution in [0, 0.1) is 11.8 Å². The van der Waals surface area contributed by atoms with Gasteiger partial charge in [0.15, 0.2) is 0 Å². The predicted octanol–water partition coefficient (Wildman–Crippen LogP) is 6.10. The Hall–Kier alpha value is -1.18. The third kappa shape index (κ3) is 8.31. The van der Waals surface area contributed by atoms with Crippen molar-refractivity contribution in [3.05, 3.63) is 24.3 Å². The van der Waals surface area contributed by atoms with Crippen LogP contribution in [0.1, 0.15) is 66.2 Å². The number of hydrogen-bond donors (Lipinski definition) is 0. The van der Waals surface area contributed by atoms with E-state index in [2.05, 4.69) is 27.7 Å². The first-order valence-corrected chi connectivity index (χ1v) is 9.01. The Morgan fingerprint density at radius 3 is 1.41 bits per heavy atom. The lowest BCUT2D eigenvalue weighted by Gasteiger charge is -2.14. The second kappa shape index (κ2) is 11.4. The predicted molar refractivity (Wildman–Crippen MR) is 94.8 cm³/mol. The summed E-state index contributed by atoms with van der Waals surface area (Å²) in [6, 6.07) is 8.05. The summed E-state index contributed by atoms with van der Waals surface area (Å²) in [7, 11) is 0. The minimum Gasteiger partial charge on any atom is -0.493 e. The highest BCUT2D eigenvalue weighted by atomic mass is 16.5. The molecule has 0 saturated carbocycles. The third-order valence-electron chi connectivity index (χ3n) is 3.99. The van der Waals surface area contributed by atoms with Crippen LogP contribution in [0.2, 0.25) is 0 Å². The SMILES string of the molecule is CCCCC(C)COc1ccc(OCC(C)CCCC)cc1. The van der Waals surface area contributed by atoms with Crippen molar-refractivity contribution >= 4 is 0 Å². The molecular weight excluding hydrogens is 272 g/mol. The average molecular weight is 306 g/mol. The maximum atomic E-state index is 5.84. The van der Waals surface area contributed by atoms with E-state index in [-0.39, 0.29) is 0 Å². The van der Waals surface area contributed by atoms with Gasteiger partial charge in [0, 0.05) is 0 Å². The van der Waals surface area contributed by atoms with Crippen molar-refractivity contribution in [1.29, 1.82) is 0 Å². The zero-order valence-corrected chi connectivity index (χ0v) is 14.9. The first-order chi connectivity index (χ1) is 10.7. The van der Waals surface area contributed by atoms with Crippen LogP contribution >= 0.6 is 0 Å². The van der Waals surface area contributed by atoms with Crippen LogP contribution in [-0.2, 0) is 0 Å². The van der Waals surface area contributed by atoms with Crippen molar-refractivity contribution in [2.45, 2.75) is 66.2 Å². The van der Waals surface area contributed by atoms with Crippen LogP contribution in [0.15, 0.2) is 24.3 Å². The summed E-state index contributed by atoms with van der Waals surface area (Å²) in [5, 5.41) is 0. The monoisotopic (exact) mass is 306 g/mol. The van der Waals surface area contributed by atoms with Crippen molar-refractivity contribution in [1.82, 2.24) is 0 Å². The van der Waals surface area contributed by atoms with E-state index in [1.54, 1.807) is 0 Å². The fraction of sp³-hybridized carbons (Fsp3) is 0.700. The van der Waals surface area contributed by atoms with Gasteiger partial charge >= 0.3 is 0 Å². The molecule has 0 heterocycles. The quantitative estimate of drug-likeness (QED) is 0.464. The van der Waals surface area contributed by atoms with Gasteiger partial charge in [0.2, 0.25) is 0 Å². The highest BCUT2D eigenvalue weighted by molar-refractivity contribution is 5.31. The normalized spacial score (nSPS) is 13.6. The lowest BCUT2D eigenvalue weighted by molar-refractivity contribution is 0.243. The molecule has 0 amide bonds. The fourth-order valence-corrected chi connectivity index (χ4v) is 2.38. The Morgan fingerprint density at radius 2 is 1.09 bits per heavy atom. The molecule has 0 aliphatic carbocycles. The molecule has 22 heavy (non-hydrogen) atoms. The van der Waals surface area contributed by atoms with Gasteiger partial charge in [-0.15, -0.1) is 0 Å². The largest absolute Gasteiger partial charge is 0.493 e. The molecule has 0 aromatic heterocycles. The molecule has 0 saturated heterocycles. The Bertz CT molecular complexity index is 335. The van der Waals surface area contributed by atoms with E-state index in [0.717, 1.165) is 24.7 Å². The number of unbranched alkanes of at least 4 members (excludes halogenated alkanes) is 2. The first kappa shape index (κ1) is 18.9.